The van der Waals surface area contributed by atoms with Gasteiger partial charge in [0, 0.05) is 38.5 Å². The summed E-state index contributed by atoms with van der Waals surface area (Å²) in [5.41, 5.74) is 1.53. The van der Waals surface area contributed by atoms with Gasteiger partial charge in [-0.3, -0.25) is 4.99 Å². The number of guanidine groups is 1. The summed E-state index contributed by atoms with van der Waals surface area (Å²) >= 11 is 1.02. The van der Waals surface area contributed by atoms with Crippen LogP contribution in [0.15, 0.2) is 34.6 Å². The average Bonchev–Trinajstić information content (AvgIpc) is 3.08. The number of alkyl halides is 3. The second kappa shape index (κ2) is 11.6. The van der Waals surface area contributed by atoms with Crippen molar-refractivity contribution in [2.75, 3.05) is 27.7 Å². The van der Waals surface area contributed by atoms with Crippen molar-refractivity contribution in [3.05, 3.63) is 51.5 Å². The number of aliphatic imine (C=N–C) groups is 1. The quantitative estimate of drug-likeness (QED) is 0.327. The molecule has 1 aromatic heterocycles. The maximum atomic E-state index is 12.6. The molecule has 0 fully saturated rings. The lowest BCUT2D eigenvalue weighted by atomic mass is 10.1. The molecule has 10 heteroatoms. The topological polar surface area (TPSA) is 52.6 Å². The first-order valence-electron chi connectivity index (χ1n) is 8.46. The number of thiazole rings is 1. The van der Waals surface area contributed by atoms with Gasteiger partial charge in [-0.05, 0) is 25.2 Å². The second-order valence-electron chi connectivity index (χ2n) is 6.28. The molecule has 0 bridgehead atoms. The maximum Gasteiger partial charge on any atom is 0.434 e. The fourth-order valence-electron chi connectivity index (χ4n) is 2.38. The van der Waals surface area contributed by atoms with Crippen LogP contribution in [0.1, 0.15) is 21.8 Å². The van der Waals surface area contributed by atoms with Crippen LogP contribution in [-0.2, 0) is 25.7 Å². The van der Waals surface area contributed by atoms with Crippen molar-refractivity contribution in [2.24, 2.45) is 4.99 Å². The third-order valence-electron chi connectivity index (χ3n) is 3.68. The highest BCUT2D eigenvalue weighted by Crippen LogP contribution is 2.29. The molecule has 1 aromatic carbocycles. The van der Waals surface area contributed by atoms with Gasteiger partial charge in [0.25, 0.3) is 0 Å². The van der Waals surface area contributed by atoms with Gasteiger partial charge in [0.2, 0.25) is 0 Å². The van der Waals surface area contributed by atoms with E-state index in [9.17, 15) is 13.2 Å². The molecule has 0 saturated carbocycles. The zero-order valence-corrected chi connectivity index (χ0v) is 19.2. The van der Waals surface area contributed by atoms with Crippen molar-refractivity contribution in [3.8, 4) is 0 Å². The van der Waals surface area contributed by atoms with Crippen LogP contribution in [-0.4, -0.2) is 43.5 Å². The molecule has 0 saturated heterocycles. The monoisotopic (exact) mass is 527 g/mol. The molecule has 2 N–H and O–H groups in total. The molecule has 5 nitrogen and oxygen atoms in total. The summed E-state index contributed by atoms with van der Waals surface area (Å²) in [6.45, 7) is 1.95. The van der Waals surface area contributed by atoms with Crippen LogP contribution in [0.3, 0.4) is 0 Å². The number of nitrogens with zero attached hydrogens (tertiary/aromatic N) is 3. The van der Waals surface area contributed by atoms with E-state index in [1.807, 2.05) is 14.1 Å². The Balaban J connectivity index is 0.00000392. The first kappa shape index (κ1) is 24.6. The highest BCUT2D eigenvalue weighted by atomic mass is 127. The van der Waals surface area contributed by atoms with Gasteiger partial charge in [0.15, 0.2) is 11.7 Å². The predicted octanol–water partition coefficient (Wildman–Crippen LogP) is 3.75. The fourth-order valence-corrected chi connectivity index (χ4v) is 3.18. The highest BCUT2D eigenvalue weighted by Gasteiger charge is 2.33. The van der Waals surface area contributed by atoms with Gasteiger partial charge in [-0.15, -0.1) is 35.3 Å². The third-order valence-corrected chi connectivity index (χ3v) is 4.59. The van der Waals surface area contributed by atoms with Crippen molar-refractivity contribution in [1.29, 1.82) is 0 Å². The van der Waals surface area contributed by atoms with E-state index in [1.165, 1.54) is 5.56 Å². The van der Waals surface area contributed by atoms with E-state index in [-0.39, 0.29) is 24.0 Å². The van der Waals surface area contributed by atoms with Crippen LogP contribution in [0.5, 0.6) is 0 Å². The molecular weight excluding hydrogens is 502 g/mol. The average molecular weight is 527 g/mol. The van der Waals surface area contributed by atoms with Crippen LogP contribution in [0.4, 0.5) is 13.2 Å². The van der Waals surface area contributed by atoms with Crippen LogP contribution < -0.4 is 10.6 Å². The summed E-state index contributed by atoms with van der Waals surface area (Å²) in [4.78, 5) is 9.85. The number of nitrogens with one attached hydrogen (secondary N) is 2. The molecule has 28 heavy (non-hydrogen) atoms. The molecule has 2 rings (SSSR count). The Kier molecular flexibility index (Phi) is 10.2. The number of halogens is 4. The summed E-state index contributed by atoms with van der Waals surface area (Å²) in [5, 5.41) is 7.77. The molecule has 0 aliphatic carbocycles. The Morgan fingerprint density at radius 2 is 1.79 bits per heavy atom. The molecule has 0 atom stereocenters. The number of rotatable bonds is 7. The lowest BCUT2D eigenvalue weighted by molar-refractivity contribution is -0.140. The summed E-state index contributed by atoms with van der Waals surface area (Å²) < 4.78 is 37.7. The third kappa shape index (κ3) is 8.31. The minimum atomic E-state index is -4.39. The lowest BCUT2D eigenvalue weighted by Crippen LogP contribution is -2.37. The number of aromatic nitrogens is 1. The van der Waals surface area contributed by atoms with E-state index in [0.717, 1.165) is 28.8 Å². The summed E-state index contributed by atoms with van der Waals surface area (Å²) in [6, 6.07) is 8.31. The molecule has 0 aliphatic heterocycles. The molecule has 0 aliphatic rings. The summed E-state index contributed by atoms with van der Waals surface area (Å²) in [6.07, 6.45) is -3.98. The number of hydrogen-bond acceptors (Lipinski definition) is 4. The Morgan fingerprint density at radius 1 is 1.14 bits per heavy atom. The van der Waals surface area contributed by atoms with Gasteiger partial charge in [0.1, 0.15) is 0 Å². The summed E-state index contributed by atoms with van der Waals surface area (Å²) in [7, 11) is 5.71. The predicted molar refractivity (Wildman–Crippen MR) is 118 cm³/mol. The standard InChI is InChI=1S/C18H24F3N5S.HI/c1-22-17(23-9-8-16-25-15(12-27-16)18(19,20)21)24-10-13-4-6-14(7-5-13)11-26(2)3;/h4-7,12H,8-11H2,1-3H3,(H2,22,23,24);1H. The van der Waals surface area contributed by atoms with E-state index in [0.29, 0.717) is 30.5 Å². The van der Waals surface area contributed by atoms with Crippen molar-refractivity contribution in [3.63, 3.8) is 0 Å². The van der Waals surface area contributed by atoms with Gasteiger partial charge in [-0.25, -0.2) is 4.98 Å². The van der Waals surface area contributed by atoms with E-state index in [1.54, 1.807) is 7.05 Å². The summed E-state index contributed by atoms with van der Waals surface area (Å²) in [5.74, 6) is 0.597. The Morgan fingerprint density at radius 3 is 2.32 bits per heavy atom. The van der Waals surface area contributed by atoms with Crippen molar-refractivity contribution < 1.29 is 13.2 Å². The molecule has 0 unspecified atom stereocenters. The fraction of sp³-hybridized carbons (Fsp3) is 0.444. The van der Waals surface area contributed by atoms with Gasteiger partial charge >= 0.3 is 6.18 Å². The smallest absolute Gasteiger partial charge is 0.356 e. The number of hydrogen-bond donors (Lipinski definition) is 2. The second-order valence-corrected chi connectivity index (χ2v) is 7.22. The molecule has 1 heterocycles. The molecule has 0 spiro atoms. The van der Waals surface area contributed by atoms with Crippen LogP contribution in [0, 0.1) is 0 Å². The van der Waals surface area contributed by atoms with E-state index < -0.39 is 11.9 Å². The SMILES string of the molecule is CN=C(NCCc1nc(C(F)(F)F)cs1)NCc1ccc(CN(C)C)cc1.I. The van der Waals surface area contributed by atoms with Crippen LogP contribution >= 0.6 is 35.3 Å². The van der Waals surface area contributed by atoms with Gasteiger partial charge in [-0.1, -0.05) is 24.3 Å². The Bertz CT molecular complexity index is 744. The molecule has 156 valence electrons. The number of benzene rings is 1. The van der Waals surface area contributed by atoms with Crippen molar-refractivity contribution >= 4 is 41.3 Å². The highest BCUT2D eigenvalue weighted by molar-refractivity contribution is 14.0. The molecule has 0 amide bonds. The minimum Gasteiger partial charge on any atom is -0.356 e. The largest absolute Gasteiger partial charge is 0.434 e. The molecule has 0 radical (unpaired) electrons. The molecular formula is C18H25F3IN5S. The van der Waals surface area contributed by atoms with Crippen molar-refractivity contribution in [2.45, 2.75) is 25.7 Å². The van der Waals surface area contributed by atoms with E-state index in [4.69, 9.17) is 0 Å². The molecule has 2 aromatic rings. The van der Waals surface area contributed by atoms with Gasteiger partial charge in [0.05, 0.1) is 5.01 Å². The minimum absolute atomic E-state index is 0. The van der Waals surface area contributed by atoms with Crippen molar-refractivity contribution in [1.82, 2.24) is 20.5 Å². The van der Waals surface area contributed by atoms with Gasteiger partial charge in [-0.2, -0.15) is 13.2 Å². The first-order chi connectivity index (χ1) is 12.8. The first-order valence-corrected chi connectivity index (χ1v) is 9.34. The van der Waals surface area contributed by atoms with Crippen LogP contribution in [0.25, 0.3) is 0 Å². The van der Waals surface area contributed by atoms with E-state index >= 15 is 0 Å². The lowest BCUT2D eigenvalue weighted by Gasteiger charge is -2.13. The van der Waals surface area contributed by atoms with E-state index in [2.05, 4.69) is 49.8 Å². The maximum absolute atomic E-state index is 12.6. The van der Waals surface area contributed by atoms with Gasteiger partial charge < -0.3 is 15.5 Å². The zero-order valence-electron chi connectivity index (χ0n) is 16.0. The Hall–Kier alpha value is -1.40. The normalized spacial score (nSPS) is 12.0. The van der Waals surface area contributed by atoms with Crippen LogP contribution in [0.2, 0.25) is 0 Å². The Labute approximate surface area is 184 Å². The zero-order chi connectivity index (χ0) is 19.9.